The second kappa shape index (κ2) is 7.61. The maximum absolute atomic E-state index is 9.11. The standard InChI is InChI=1S/C21H20O2/c22-15-14-17-8-7-13-20(16-17)23-21(18-9-3-1-4-10-18)19-11-5-2-6-12-19/h1-13,16,21-22H,14-15H2. The molecule has 0 aliphatic heterocycles. The first-order valence-corrected chi connectivity index (χ1v) is 7.83. The Labute approximate surface area is 137 Å². The lowest BCUT2D eigenvalue weighted by atomic mass is 10.0. The van der Waals surface area contributed by atoms with E-state index >= 15 is 0 Å². The zero-order valence-corrected chi connectivity index (χ0v) is 12.9. The minimum atomic E-state index is -0.151. The van der Waals surface area contributed by atoms with Gasteiger partial charge in [-0.25, -0.2) is 0 Å². The molecule has 0 aliphatic carbocycles. The molecule has 0 saturated heterocycles. The molecule has 23 heavy (non-hydrogen) atoms. The van der Waals surface area contributed by atoms with Crippen LogP contribution >= 0.6 is 0 Å². The molecule has 0 heterocycles. The molecule has 0 saturated carbocycles. The van der Waals surface area contributed by atoms with Gasteiger partial charge in [0.1, 0.15) is 11.9 Å². The van der Waals surface area contributed by atoms with Crippen molar-refractivity contribution in [2.75, 3.05) is 6.61 Å². The van der Waals surface area contributed by atoms with Crippen molar-refractivity contribution in [3.8, 4) is 5.75 Å². The molecule has 3 rings (SSSR count). The zero-order chi connectivity index (χ0) is 15.9. The number of rotatable bonds is 6. The van der Waals surface area contributed by atoms with Gasteiger partial charge in [-0.05, 0) is 35.2 Å². The van der Waals surface area contributed by atoms with Crippen molar-refractivity contribution in [2.45, 2.75) is 12.5 Å². The van der Waals surface area contributed by atoms with Crippen LogP contribution in [0.3, 0.4) is 0 Å². The number of aliphatic hydroxyl groups excluding tert-OH is 1. The van der Waals surface area contributed by atoms with Crippen LogP contribution in [0.4, 0.5) is 0 Å². The Morgan fingerprint density at radius 1 is 0.739 bits per heavy atom. The van der Waals surface area contributed by atoms with E-state index in [0.717, 1.165) is 22.4 Å². The van der Waals surface area contributed by atoms with Gasteiger partial charge in [0.05, 0.1) is 0 Å². The lowest BCUT2D eigenvalue weighted by Gasteiger charge is -2.20. The van der Waals surface area contributed by atoms with Crippen molar-refractivity contribution in [1.82, 2.24) is 0 Å². The average Bonchev–Trinajstić information content (AvgIpc) is 2.62. The first-order valence-electron chi connectivity index (χ1n) is 7.83. The Hall–Kier alpha value is -2.58. The monoisotopic (exact) mass is 304 g/mol. The van der Waals surface area contributed by atoms with Crippen LogP contribution in [-0.2, 0) is 6.42 Å². The predicted octanol–water partition coefficient (Wildman–Crippen LogP) is 4.39. The Morgan fingerprint density at radius 3 is 1.91 bits per heavy atom. The van der Waals surface area contributed by atoms with Gasteiger partial charge in [-0.2, -0.15) is 0 Å². The quantitative estimate of drug-likeness (QED) is 0.732. The van der Waals surface area contributed by atoms with Gasteiger partial charge in [0.15, 0.2) is 0 Å². The summed E-state index contributed by atoms with van der Waals surface area (Å²) in [6.07, 6.45) is 0.486. The number of benzene rings is 3. The Kier molecular flexibility index (Phi) is 5.07. The van der Waals surface area contributed by atoms with Gasteiger partial charge in [-0.3, -0.25) is 0 Å². The summed E-state index contributed by atoms with van der Waals surface area (Å²) in [6.45, 7) is 0.143. The van der Waals surface area contributed by atoms with Gasteiger partial charge in [0.2, 0.25) is 0 Å². The second-order valence-electron chi connectivity index (χ2n) is 5.44. The lowest BCUT2D eigenvalue weighted by molar-refractivity contribution is 0.246. The molecule has 0 fully saturated rings. The molecular weight excluding hydrogens is 284 g/mol. The third-order valence-electron chi connectivity index (χ3n) is 3.76. The van der Waals surface area contributed by atoms with Crippen LogP contribution in [0.5, 0.6) is 5.75 Å². The van der Waals surface area contributed by atoms with Crippen molar-refractivity contribution in [1.29, 1.82) is 0 Å². The third-order valence-corrected chi connectivity index (χ3v) is 3.76. The summed E-state index contributed by atoms with van der Waals surface area (Å²) in [5, 5.41) is 9.11. The molecule has 0 radical (unpaired) electrons. The SMILES string of the molecule is OCCc1cccc(OC(c2ccccc2)c2ccccc2)c1. The Balaban J connectivity index is 1.92. The molecule has 0 aromatic heterocycles. The van der Waals surface area contributed by atoms with Crippen LogP contribution in [0.1, 0.15) is 22.8 Å². The fourth-order valence-electron chi connectivity index (χ4n) is 2.62. The first-order chi connectivity index (χ1) is 11.4. The van der Waals surface area contributed by atoms with Crippen LogP contribution in [0.2, 0.25) is 0 Å². The second-order valence-corrected chi connectivity index (χ2v) is 5.44. The van der Waals surface area contributed by atoms with Gasteiger partial charge in [0, 0.05) is 6.61 Å². The maximum Gasteiger partial charge on any atom is 0.149 e. The summed E-state index contributed by atoms with van der Waals surface area (Å²) < 4.78 is 6.29. The van der Waals surface area contributed by atoms with Crippen molar-refractivity contribution in [3.05, 3.63) is 102 Å². The van der Waals surface area contributed by atoms with Gasteiger partial charge in [0.25, 0.3) is 0 Å². The molecule has 0 unspecified atom stereocenters. The molecular formula is C21H20O2. The van der Waals surface area contributed by atoms with Crippen LogP contribution < -0.4 is 4.74 Å². The molecule has 0 bridgehead atoms. The highest BCUT2D eigenvalue weighted by atomic mass is 16.5. The van der Waals surface area contributed by atoms with Crippen LogP contribution in [0, 0.1) is 0 Å². The zero-order valence-electron chi connectivity index (χ0n) is 12.9. The summed E-state index contributed by atoms with van der Waals surface area (Å²) in [7, 11) is 0. The predicted molar refractivity (Wildman–Crippen MR) is 92.6 cm³/mol. The van der Waals surface area contributed by atoms with Gasteiger partial charge >= 0.3 is 0 Å². The fourth-order valence-corrected chi connectivity index (χ4v) is 2.62. The highest BCUT2D eigenvalue weighted by Crippen LogP contribution is 2.28. The van der Waals surface area contributed by atoms with Gasteiger partial charge < -0.3 is 9.84 Å². The van der Waals surface area contributed by atoms with Crippen LogP contribution in [0.15, 0.2) is 84.9 Å². The van der Waals surface area contributed by atoms with Crippen molar-refractivity contribution >= 4 is 0 Å². The van der Waals surface area contributed by atoms with Gasteiger partial charge in [-0.15, -0.1) is 0 Å². The third kappa shape index (κ3) is 3.99. The lowest BCUT2D eigenvalue weighted by Crippen LogP contribution is -2.09. The normalized spacial score (nSPS) is 10.7. The van der Waals surface area contributed by atoms with E-state index in [1.165, 1.54) is 0 Å². The summed E-state index contributed by atoms with van der Waals surface area (Å²) in [4.78, 5) is 0. The summed E-state index contributed by atoms with van der Waals surface area (Å²) in [5.41, 5.74) is 3.31. The summed E-state index contributed by atoms with van der Waals surface area (Å²) >= 11 is 0. The van der Waals surface area contributed by atoms with Crippen molar-refractivity contribution in [3.63, 3.8) is 0 Å². The molecule has 0 aliphatic rings. The molecule has 2 nitrogen and oxygen atoms in total. The molecule has 3 aromatic carbocycles. The highest BCUT2D eigenvalue weighted by molar-refractivity contribution is 5.34. The summed E-state index contributed by atoms with van der Waals surface area (Å²) in [6, 6.07) is 28.3. The molecule has 0 atom stereocenters. The van der Waals surface area contributed by atoms with E-state index in [9.17, 15) is 0 Å². The minimum Gasteiger partial charge on any atom is -0.481 e. The molecule has 0 amide bonds. The molecule has 0 spiro atoms. The fraction of sp³-hybridized carbons (Fsp3) is 0.143. The minimum absolute atomic E-state index is 0.143. The highest BCUT2D eigenvalue weighted by Gasteiger charge is 2.15. The van der Waals surface area contributed by atoms with E-state index in [2.05, 4.69) is 24.3 Å². The number of aliphatic hydroxyl groups is 1. The smallest absolute Gasteiger partial charge is 0.149 e. The van der Waals surface area contributed by atoms with Crippen LogP contribution in [-0.4, -0.2) is 11.7 Å². The van der Waals surface area contributed by atoms with E-state index < -0.39 is 0 Å². The van der Waals surface area contributed by atoms with Crippen molar-refractivity contribution in [2.24, 2.45) is 0 Å². The van der Waals surface area contributed by atoms with E-state index in [4.69, 9.17) is 9.84 Å². The van der Waals surface area contributed by atoms with Crippen LogP contribution in [0.25, 0.3) is 0 Å². The molecule has 3 aromatic rings. The van der Waals surface area contributed by atoms with E-state index in [1.807, 2.05) is 60.7 Å². The number of ether oxygens (including phenoxy) is 1. The topological polar surface area (TPSA) is 29.5 Å². The van der Waals surface area contributed by atoms with Gasteiger partial charge in [-0.1, -0.05) is 72.8 Å². The first kappa shape index (κ1) is 15.3. The Bertz CT molecular complexity index is 684. The number of hydrogen-bond donors (Lipinski definition) is 1. The van der Waals surface area contributed by atoms with E-state index in [-0.39, 0.29) is 12.7 Å². The van der Waals surface area contributed by atoms with E-state index in [0.29, 0.717) is 6.42 Å². The summed E-state index contributed by atoms with van der Waals surface area (Å²) in [5.74, 6) is 0.814. The average molecular weight is 304 g/mol. The molecule has 1 N–H and O–H groups in total. The number of hydrogen-bond acceptors (Lipinski definition) is 2. The molecule has 116 valence electrons. The van der Waals surface area contributed by atoms with Crippen molar-refractivity contribution < 1.29 is 9.84 Å². The largest absolute Gasteiger partial charge is 0.481 e. The molecule has 2 heteroatoms. The maximum atomic E-state index is 9.11. The van der Waals surface area contributed by atoms with E-state index in [1.54, 1.807) is 0 Å². The Morgan fingerprint density at radius 2 is 1.35 bits per heavy atom.